The van der Waals surface area contributed by atoms with Crippen LogP contribution < -0.4 is 0 Å². The molecule has 6 heterocycles. The zero-order valence-corrected chi connectivity index (χ0v) is 19.0. The summed E-state index contributed by atoms with van der Waals surface area (Å²) in [4.78, 5) is 27.6. The van der Waals surface area contributed by atoms with Crippen LogP contribution in [0.4, 0.5) is 4.39 Å². The Kier molecular flexibility index (Phi) is 5.00. The maximum Gasteiger partial charge on any atom is 0.159 e. The topological polar surface area (TPSA) is 112 Å². The third-order valence-electron chi connectivity index (χ3n) is 5.66. The molecule has 0 fully saturated rings. The van der Waals surface area contributed by atoms with E-state index in [4.69, 9.17) is 4.98 Å². The first-order chi connectivity index (χ1) is 17.1. The monoisotopic (exact) mass is 465 g/mol. The van der Waals surface area contributed by atoms with Crippen molar-refractivity contribution in [3.05, 3.63) is 72.7 Å². The first-order valence-corrected chi connectivity index (χ1v) is 11.0. The predicted octanol–water partition coefficient (Wildman–Crippen LogP) is 4.22. The van der Waals surface area contributed by atoms with E-state index in [9.17, 15) is 0 Å². The van der Waals surface area contributed by atoms with Gasteiger partial charge < -0.3 is 9.88 Å². The minimum absolute atomic E-state index is 0.256. The van der Waals surface area contributed by atoms with Gasteiger partial charge in [0.25, 0.3) is 0 Å². The van der Waals surface area contributed by atoms with Crippen LogP contribution in [0.1, 0.15) is 5.56 Å². The van der Waals surface area contributed by atoms with Crippen LogP contribution in [0, 0.1) is 5.82 Å². The van der Waals surface area contributed by atoms with Crippen molar-refractivity contribution in [2.24, 2.45) is 0 Å². The van der Waals surface area contributed by atoms with E-state index in [1.807, 2.05) is 49.3 Å². The number of H-pyrrole nitrogens is 2. The Hall–Kier alpha value is -4.57. The molecule has 0 aromatic carbocycles. The summed E-state index contributed by atoms with van der Waals surface area (Å²) in [6.07, 6.45) is 8.30. The first kappa shape index (κ1) is 21.0. The van der Waals surface area contributed by atoms with Gasteiger partial charge in [-0.25, -0.2) is 14.4 Å². The van der Waals surface area contributed by atoms with Gasteiger partial charge in [-0.2, -0.15) is 5.10 Å². The van der Waals surface area contributed by atoms with Crippen LogP contribution in [0.15, 0.2) is 61.3 Å². The van der Waals surface area contributed by atoms with Crippen molar-refractivity contribution in [2.45, 2.75) is 6.54 Å². The Morgan fingerprint density at radius 1 is 0.971 bits per heavy atom. The SMILES string of the molecule is CN(C)Cc1cncc(-c2cnc3[nH]nc(-c4nc5c(-c6ccccn6)nccc5[nH]4)c3c2F)c1. The molecule has 0 aliphatic heterocycles. The van der Waals surface area contributed by atoms with Gasteiger partial charge in [-0.3, -0.25) is 20.1 Å². The fourth-order valence-corrected chi connectivity index (χ4v) is 4.15. The summed E-state index contributed by atoms with van der Waals surface area (Å²) in [6.45, 7) is 0.695. The quantitative estimate of drug-likeness (QED) is 0.392. The normalized spacial score (nSPS) is 11.7. The molecule has 6 aromatic heterocycles. The third-order valence-corrected chi connectivity index (χ3v) is 5.66. The van der Waals surface area contributed by atoms with E-state index in [-0.39, 0.29) is 5.39 Å². The van der Waals surface area contributed by atoms with Gasteiger partial charge in [0, 0.05) is 48.7 Å². The fourth-order valence-electron chi connectivity index (χ4n) is 4.15. The predicted molar refractivity (Wildman–Crippen MR) is 131 cm³/mol. The second-order valence-electron chi connectivity index (χ2n) is 8.46. The Morgan fingerprint density at radius 3 is 2.71 bits per heavy atom. The van der Waals surface area contributed by atoms with Crippen LogP contribution in [0.3, 0.4) is 0 Å². The summed E-state index contributed by atoms with van der Waals surface area (Å²) in [5.41, 5.74) is 5.35. The molecule has 0 spiro atoms. The Bertz CT molecular complexity index is 1670. The summed E-state index contributed by atoms with van der Waals surface area (Å²) in [5.74, 6) is -0.0279. The number of aromatic nitrogens is 8. The van der Waals surface area contributed by atoms with Gasteiger partial charge in [0.15, 0.2) is 11.5 Å². The van der Waals surface area contributed by atoms with Crippen LogP contribution in [0.5, 0.6) is 0 Å². The number of rotatable bonds is 5. The molecule has 0 saturated carbocycles. The molecule has 0 amide bonds. The summed E-state index contributed by atoms with van der Waals surface area (Å²) in [5, 5.41) is 7.42. The van der Waals surface area contributed by atoms with Gasteiger partial charge in [0.1, 0.15) is 22.7 Å². The van der Waals surface area contributed by atoms with Crippen molar-refractivity contribution in [2.75, 3.05) is 14.1 Å². The van der Waals surface area contributed by atoms with Crippen molar-refractivity contribution in [1.29, 1.82) is 0 Å². The molecule has 172 valence electrons. The lowest BCUT2D eigenvalue weighted by Crippen LogP contribution is -2.10. The zero-order valence-electron chi connectivity index (χ0n) is 19.0. The molecular weight excluding hydrogens is 445 g/mol. The molecule has 10 heteroatoms. The minimum atomic E-state index is -0.439. The van der Waals surface area contributed by atoms with Crippen molar-refractivity contribution in [3.8, 4) is 34.0 Å². The molecule has 35 heavy (non-hydrogen) atoms. The van der Waals surface area contributed by atoms with Crippen LogP contribution in [-0.4, -0.2) is 59.1 Å². The number of pyridine rings is 4. The lowest BCUT2D eigenvalue weighted by atomic mass is 10.1. The number of fused-ring (bicyclic) bond motifs is 2. The maximum atomic E-state index is 15.9. The highest BCUT2D eigenvalue weighted by atomic mass is 19.1. The zero-order chi connectivity index (χ0) is 23.9. The molecule has 0 aliphatic carbocycles. The van der Waals surface area contributed by atoms with Crippen molar-refractivity contribution >= 4 is 22.1 Å². The molecule has 6 rings (SSSR count). The van der Waals surface area contributed by atoms with E-state index in [0.29, 0.717) is 51.7 Å². The largest absolute Gasteiger partial charge is 0.336 e. The number of hydrogen-bond acceptors (Lipinski definition) is 7. The van der Waals surface area contributed by atoms with E-state index in [0.717, 1.165) is 11.1 Å². The summed E-state index contributed by atoms with van der Waals surface area (Å²) in [6, 6.07) is 9.34. The number of imidazole rings is 1. The average Bonchev–Trinajstić information content (AvgIpc) is 3.49. The maximum absolute atomic E-state index is 15.9. The van der Waals surface area contributed by atoms with Crippen LogP contribution in [0.25, 0.3) is 56.1 Å². The summed E-state index contributed by atoms with van der Waals surface area (Å²) < 4.78 is 15.9. The number of nitrogens with zero attached hydrogens (tertiary/aromatic N) is 7. The Labute approximate surface area is 199 Å². The Balaban J connectivity index is 1.49. The van der Waals surface area contributed by atoms with E-state index in [2.05, 4.69) is 35.1 Å². The molecule has 0 atom stereocenters. The standard InChI is InChI=1S/C25H20FN9/c1-35(2)13-14-9-15(11-27-10-14)16-12-30-24-19(20(16)26)23(33-34-24)25-31-18-6-8-29-21(22(18)32-25)17-5-3-4-7-28-17/h3-12H,13H2,1-2H3,(H,31,32)(H,30,33,34). The van der Waals surface area contributed by atoms with Crippen LogP contribution in [-0.2, 0) is 6.54 Å². The van der Waals surface area contributed by atoms with Crippen LogP contribution >= 0.6 is 0 Å². The fraction of sp³-hybridized carbons (Fsp3) is 0.120. The second kappa shape index (κ2) is 8.33. The molecule has 0 unspecified atom stereocenters. The van der Waals surface area contributed by atoms with Crippen molar-refractivity contribution in [1.82, 2.24) is 45.0 Å². The summed E-state index contributed by atoms with van der Waals surface area (Å²) in [7, 11) is 3.95. The molecule has 0 bridgehead atoms. The molecule has 2 N–H and O–H groups in total. The van der Waals surface area contributed by atoms with E-state index in [1.165, 1.54) is 6.20 Å². The number of aromatic amines is 2. The lowest BCUT2D eigenvalue weighted by Gasteiger charge is -2.11. The average molecular weight is 465 g/mol. The number of hydrogen-bond donors (Lipinski definition) is 2. The smallest absolute Gasteiger partial charge is 0.159 e. The number of nitrogens with one attached hydrogen (secondary N) is 2. The second-order valence-corrected chi connectivity index (χ2v) is 8.46. The molecule has 6 aromatic rings. The van der Waals surface area contributed by atoms with Crippen LogP contribution in [0.2, 0.25) is 0 Å². The molecule has 0 aliphatic rings. The lowest BCUT2D eigenvalue weighted by molar-refractivity contribution is 0.402. The van der Waals surface area contributed by atoms with E-state index in [1.54, 1.807) is 24.8 Å². The van der Waals surface area contributed by atoms with E-state index < -0.39 is 5.82 Å². The van der Waals surface area contributed by atoms with Gasteiger partial charge in [-0.05, 0) is 43.9 Å². The van der Waals surface area contributed by atoms with Gasteiger partial charge in [-0.1, -0.05) is 6.07 Å². The van der Waals surface area contributed by atoms with Crippen molar-refractivity contribution in [3.63, 3.8) is 0 Å². The van der Waals surface area contributed by atoms with Gasteiger partial charge in [0.2, 0.25) is 0 Å². The van der Waals surface area contributed by atoms with Gasteiger partial charge in [-0.15, -0.1) is 0 Å². The van der Waals surface area contributed by atoms with Gasteiger partial charge in [0.05, 0.1) is 16.6 Å². The summed E-state index contributed by atoms with van der Waals surface area (Å²) >= 11 is 0. The van der Waals surface area contributed by atoms with Gasteiger partial charge >= 0.3 is 0 Å². The minimum Gasteiger partial charge on any atom is -0.336 e. The molecule has 0 saturated heterocycles. The molecule has 0 radical (unpaired) electrons. The van der Waals surface area contributed by atoms with E-state index >= 15 is 4.39 Å². The highest BCUT2D eigenvalue weighted by Crippen LogP contribution is 2.33. The van der Waals surface area contributed by atoms with Crippen molar-refractivity contribution < 1.29 is 4.39 Å². The first-order valence-electron chi connectivity index (χ1n) is 11.0. The Morgan fingerprint density at radius 2 is 1.89 bits per heavy atom. The number of halogens is 1. The highest BCUT2D eigenvalue weighted by Gasteiger charge is 2.21. The third kappa shape index (κ3) is 3.69. The molecule has 9 nitrogen and oxygen atoms in total. The molecular formula is C25H20FN9. The highest BCUT2D eigenvalue weighted by molar-refractivity contribution is 5.96.